The molecule has 4 rings (SSSR count). The van der Waals surface area contributed by atoms with Crippen molar-refractivity contribution in [2.75, 3.05) is 13.2 Å². The summed E-state index contributed by atoms with van der Waals surface area (Å²) in [7, 11) is -3.62. The van der Waals surface area contributed by atoms with Crippen LogP contribution >= 0.6 is 0 Å². The van der Waals surface area contributed by atoms with Gasteiger partial charge in [-0.25, -0.2) is 13.1 Å². The minimum absolute atomic E-state index is 0.187. The van der Waals surface area contributed by atoms with Gasteiger partial charge in [0.05, 0.1) is 4.90 Å². The summed E-state index contributed by atoms with van der Waals surface area (Å²) in [6.45, 7) is 0.913. The molecule has 2 aromatic rings. The van der Waals surface area contributed by atoms with Gasteiger partial charge in [0.1, 0.15) is 13.2 Å². The monoisotopic (exact) mass is 345 g/mol. The molecule has 0 bridgehead atoms. The Balaban J connectivity index is 1.62. The van der Waals surface area contributed by atoms with Crippen molar-refractivity contribution in [1.29, 1.82) is 0 Å². The van der Waals surface area contributed by atoms with Gasteiger partial charge in [-0.15, -0.1) is 0 Å². The predicted octanol–water partition coefficient (Wildman–Crippen LogP) is 2.81. The van der Waals surface area contributed by atoms with E-state index in [-0.39, 0.29) is 10.9 Å². The summed E-state index contributed by atoms with van der Waals surface area (Å²) in [4.78, 5) is 0.204. The highest BCUT2D eigenvalue weighted by molar-refractivity contribution is 7.89. The molecular weight excluding hydrogens is 326 g/mol. The van der Waals surface area contributed by atoms with Crippen LogP contribution in [0.4, 0.5) is 0 Å². The van der Waals surface area contributed by atoms with E-state index in [2.05, 4.69) is 10.8 Å². The number of sulfonamides is 1. The predicted molar refractivity (Wildman–Crippen MR) is 89.9 cm³/mol. The van der Waals surface area contributed by atoms with Crippen molar-refractivity contribution in [3.8, 4) is 11.5 Å². The molecule has 1 atom stereocenters. The Kier molecular flexibility index (Phi) is 3.94. The van der Waals surface area contributed by atoms with Gasteiger partial charge >= 0.3 is 0 Å². The lowest BCUT2D eigenvalue weighted by molar-refractivity contribution is 0.171. The summed E-state index contributed by atoms with van der Waals surface area (Å²) in [5.74, 6) is 1.07. The molecule has 0 saturated carbocycles. The van der Waals surface area contributed by atoms with Crippen molar-refractivity contribution in [3.05, 3.63) is 53.6 Å². The first-order valence-electron chi connectivity index (χ1n) is 8.13. The maximum atomic E-state index is 12.8. The highest BCUT2D eigenvalue weighted by Gasteiger charge is 2.26. The van der Waals surface area contributed by atoms with Gasteiger partial charge in [0.25, 0.3) is 0 Å². The Bertz CT molecular complexity index is 863. The smallest absolute Gasteiger partial charge is 0.241 e. The van der Waals surface area contributed by atoms with Crippen molar-refractivity contribution in [2.24, 2.45) is 0 Å². The molecular formula is C18H19NO4S. The van der Waals surface area contributed by atoms with E-state index in [4.69, 9.17) is 9.47 Å². The van der Waals surface area contributed by atoms with Crippen molar-refractivity contribution in [2.45, 2.75) is 30.2 Å². The second kappa shape index (κ2) is 6.11. The lowest BCUT2D eigenvalue weighted by Crippen LogP contribution is -2.31. The molecule has 1 heterocycles. The first-order valence-corrected chi connectivity index (χ1v) is 9.61. The van der Waals surface area contributed by atoms with Gasteiger partial charge in [0.15, 0.2) is 11.5 Å². The van der Waals surface area contributed by atoms with Gasteiger partial charge in [0.2, 0.25) is 10.0 Å². The summed E-state index contributed by atoms with van der Waals surface area (Å²) in [5.41, 5.74) is 2.29. The van der Waals surface area contributed by atoms with Crippen molar-refractivity contribution >= 4 is 10.0 Å². The molecule has 0 amide bonds. The van der Waals surface area contributed by atoms with Crippen LogP contribution in [0.2, 0.25) is 0 Å². The van der Waals surface area contributed by atoms with E-state index in [0.29, 0.717) is 24.7 Å². The van der Waals surface area contributed by atoms with Crippen LogP contribution in [0.5, 0.6) is 11.5 Å². The second-order valence-electron chi connectivity index (χ2n) is 6.07. The Labute approximate surface area is 141 Å². The van der Waals surface area contributed by atoms with Crippen LogP contribution in [-0.2, 0) is 16.4 Å². The van der Waals surface area contributed by atoms with Gasteiger partial charge in [-0.2, -0.15) is 0 Å². The van der Waals surface area contributed by atoms with Gasteiger partial charge in [-0.3, -0.25) is 0 Å². The van der Waals surface area contributed by atoms with Crippen LogP contribution in [0.3, 0.4) is 0 Å². The molecule has 2 aliphatic rings. The molecule has 0 spiro atoms. The number of hydrogen-bond acceptors (Lipinski definition) is 4. The molecule has 0 radical (unpaired) electrons. The Morgan fingerprint density at radius 3 is 2.67 bits per heavy atom. The zero-order valence-electron chi connectivity index (χ0n) is 13.2. The average Bonchev–Trinajstić information content (AvgIpc) is 2.61. The molecule has 1 aliphatic heterocycles. The maximum absolute atomic E-state index is 12.8. The number of aryl methyl sites for hydroxylation is 1. The number of nitrogens with one attached hydrogen (secondary N) is 1. The summed E-state index contributed by atoms with van der Waals surface area (Å²) in [6, 6.07) is 12.6. The highest BCUT2D eigenvalue weighted by atomic mass is 32.2. The molecule has 6 heteroatoms. The third-order valence-electron chi connectivity index (χ3n) is 4.49. The largest absolute Gasteiger partial charge is 0.486 e. The Morgan fingerprint density at radius 1 is 1.00 bits per heavy atom. The molecule has 2 aromatic carbocycles. The topological polar surface area (TPSA) is 64.6 Å². The summed E-state index contributed by atoms with van der Waals surface area (Å²) in [5, 5.41) is 0. The highest BCUT2D eigenvalue weighted by Crippen LogP contribution is 2.34. The minimum Gasteiger partial charge on any atom is -0.486 e. The SMILES string of the molecule is O=S(=O)(N[C@@H]1CCCc2ccccc21)c1ccc2c(c1)OCCO2. The number of hydrogen-bond donors (Lipinski definition) is 1. The first kappa shape index (κ1) is 15.5. The quantitative estimate of drug-likeness (QED) is 0.929. The van der Waals surface area contributed by atoms with E-state index < -0.39 is 10.0 Å². The lowest BCUT2D eigenvalue weighted by Gasteiger charge is -2.26. The van der Waals surface area contributed by atoms with Crippen molar-refractivity contribution < 1.29 is 17.9 Å². The van der Waals surface area contributed by atoms with Gasteiger partial charge in [-0.1, -0.05) is 24.3 Å². The molecule has 1 aliphatic carbocycles. The van der Waals surface area contributed by atoms with Crippen LogP contribution in [0.25, 0.3) is 0 Å². The summed E-state index contributed by atoms with van der Waals surface area (Å²) < 4.78 is 39.4. The zero-order valence-corrected chi connectivity index (χ0v) is 14.0. The summed E-state index contributed by atoms with van der Waals surface area (Å²) >= 11 is 0. The van der Waals surface area contributed by atoms with E-state index in [1.807, 2.05) is 18.2 Å². The third-order valence-corrected chi connectivity index (χ3v) is 5.96. The number of benzene rings is 2. The fraction of sp³-hybridized carbons (Fsp3) is 0.333. The Morgan fingerprint density at radius 2 is 1.79 bits per heavy atom. The van der Waals surface area contributed by atoms with E-state index in [1.165, 1.54) is 11.6 Å². The Hall–Kier alpha value is -2.05. The molecule has 0 unspecified atom stereocenters. The van der Waals surface area contributed by atoms with Gasteiger partial charge in [0, 0.05) is 12.1 Å². The maximum Gasteiger partial charge on any atom is 0.241 e. The van der Waals surface area contributed by atoms with Crippen molar-refractivity contribution in [3.63, 3.8) is 0 Å². The van der Waals surface area contributed by atoms with Crippen LogP contribution < -0.4 is 14.2 Å². The van der Waals surface area contributed by atoms with E-state index >= 15 is 0 Å². The molecule has 1 N–H and O–H groups in total. The van der Waals surface area contributed by atoms with E-state index in [0.717, 1.165) is 24.8 Å². The summed E-state index contributed by atoms with van der Waals surface area (Å²) in [6.07, 6.45) is 2.78. The fourth-order valence-corrected chi connectivity index (χ4v) is 4.59. The second-order valence-corrected chi connectivity index (χ2v) is 7.78. The van der Waals surface area contributed by atoms with E-state index in [1.54, 1.807) is 12.1 Å². The minimum atomic E-state index is -3.62. The number of ether oxygens (including phenoxy) is 2. The zero-order chi connectivity index (χ0) is 16.6. The standard InChI is InChI=1S/C18H19NO4S/c20-24(21,14-8-9-17-18(12-14)23-11-10-22-17)19-16-7-3-5-13-4-1-2-6-15(13)16/h1-2,4,6,8-9,12,16,19H,3,5,7,10-11H2/t16-/m1/s1. The number of rotatable bonds is 3. The number of fused-ring (bicyclic) bond motifs is 2. The lowest BCUT2D eigenvalue weighted by atomic mass is 9.88. The molecule has 0 fully saturated rings. The van der Waals surface area contributed by atoms with E-state index in [9.17, 15) is 8.42 Å². The van der Waals surface area contributed by atoms with Crippen LogP contribution in [0.15, 0.2) is 47.4 Å². The van der Waals surface area contributed by atoms with Crippen LogP contribution in [0, 0.1) is 0 Å². The average molecular weight is 345 g/mol. The van der Waals surface area contributed by atoms with Crippen LogP contribution in [-0.4, -0.2) is 21.6 Å². The molecule has 24 heavy (non-hydrogen) atoms. The molecule has 0 aromatic heterocycles. The first-order chi connectivity index (χ1) is 11.6. The molecule has 126 valence electrons. The van der Waals surface area contributed by atoms with Crippen molar-refractivity contribution in [1.82, 2.24) is 4.72 Å². The van der Waals surface area contributed by atoms with Gasteiger partial charge < -0.3 is 9.47 Å². The third kappa shape index (κ3) is 2.87. The normalized spacial score (nSPS) is 19.6. The molecule has 5 nitrogen and oxygen atoms in total. The van der Waals surface area contributed by atoms with Gasteiger partial charge in [-0.05, 0) is 42.5 Å². The van der Waals surface area contributed by atoms with Crippen LogP contribution in [0.1, 0.15) is 30.0 Å². The molecule has 0 saturated heterocycles. The fourth-order valence-electron chi connectivity index (χ4n) is 3.32.